The van der Waals surface area contributed by atoms with Crippen LogP contribution in [-0.4, -0.2) is 65.5 Å². The van der Waals surface area contributed by atoms with Gasteiger partial charge in [0, 0.05) is 13.1 Å². The zero-order valence-corrected chi connectivity index (χ0v) is 12.7. The van der Waals surface area contributed by atoms with Crippen LogP contribution in [-0.2, 0) is 4.79 Å². The summed E-state index contributed by atoms with van der Waals surface area (Å²) in [5, 5.41) is 30.2. The van der Waals surface area contributed by atoms with Crippen LogP contribution in [0.3, 0.4) is 0 Å². The Morgan fingerprint density at radius 3 is 2.61 bits per heavy atom. The number of nitrogens with zero attached hydrogens (tertiary/aromatic N) is 2. The summed E-state index contributed by atoms with van der Waals surface area (Å²) in [6.07, 6.45) is 1.56. The van der Waals surface area contributed by atoms with E-state index in [2.05, 4.69) is 10.3 Å². The van der Waals surface area contributed by atoms with E-state index in [0.717, 1.165) is 0 Å². The fourth-order valence-corrected chi connectivity index (χ4v) is 2.11. The number of rotatable bonds is 6. The summed E-state index contributed by atoms with van der Waals surface area (Å²) in [5.41, 5.74) is 0.833. The Kier molecular flexibility index (Phi) is 5.56. The van der Waals surface area contributed by atoms with E-state index in [1.54, 1.807) is 23.1 Å². The molecular formula is C15H19N3O5. The van der Waals surface area contributed by atoms with Gasteiger partial charge in [0.2, 0.25) is 5.96 Å². The van der Waals surface area contributed by atoms with E-state index in [4.69, 9.17) is 14.9 Å². The second-order valence-electron chi connectivity index (χ2n) is 4.78. The largest absolute Gasteiger partial charge is 0.504 e. The molecule has 1 aliphatic rings. The summed E-state index contributed by atoms with van der Waals surface area (Å²) >= 11 is 0. The van der Waals surface area contributed by atoms with E-state index >= 15 is 0 Å². The number of aliphatic hydroxyl groups excluding tert-OH is 2. The van der Waals surface area contributed by atoms with Crippen molar-refractivity contribution >= 4 is 17.9 Å². The average molecular weight is 321 g/mol. The Hall–Kier alpha value is -2.58. The van der Waals surface area contributed by atoms with Crippen LogP contribution in [0.2, 0.25) is 0 Å². The second-order valence-corrected chi connectivity index (χ2v) is 4.78. The van der Waals surface area contributed by atoms with Gasteiger partial charge < -0.3 is 25.0 Å². The molecule has 0 aliphatic carbocycles. The van der Waals surface area contributed by atoms with E-state index in [0.29, 0.717) is 11.3 Å². The minimum atomic E-state index is -0.382. The van der Waals surface area contributed by atoms with Crippen LogP contribution in [0.25, 0.3) is 6.08 Å². The Balaban J connectivity index is 2.26. The molecule has 0 spiro atoms. The van der Waals surface area contributed by atoms with Gasteiger partial charge in [0.25, 0.3) is 5.91 Å². The number of aliphatic imine (C=N–C) groups is 1. The molecule has 1 aromatic carbocycles. The molecule has 124 valence electrons. The highest BCUT2D eigenvalue weighted by molar-refractivity contribution is 6.13. The van der Waals surface area contributed by atoms with Crippen molar-refractivity contribution < 1.29 is 24.9 Å². The maximum Gasteiger partial charge on any atom is 0.276 e. The number of phenols is 1. The first-order chi connectivity index (χ1) is 11.1. The van der Waals surface area contributed by atoms with Gasteiger partial charge in [-0.05, 0) is 23.8 Å². The number of guanidine groups is 1. The maximum atomic E-state index is 12.0. The maximum absolute atomic E-state index is 12.0. The van der Waals surface area contributed by atoms with Crippen LogP contribution in [0.5, 0.6) is 11.5 Å². The normalized spacial score (nSPS) is 15.5. The number of hydrogen-bond acceptors (Lipinski definition) is 7. The monoisotopic (exact) mass is 321 g/mol. The Morgan fingerprint density at radius 2 is 2.00 bits per heavy atom. The molecule has 1 amide bonds. The van der Waals surface area contributed by atoms with Gasteiger partial charge in [-0.3, -0.25) is 10.1 Å². The fourth-order valence-electron chi connectivity index (χ4n) is 2.11. The molecule has 1 aromatic rings. The molecule has 8 heteroatoms. The van der Waals surface area contributed by atoms with Gasteiger partial charge in [-0.25, -0.2) is 4.99 Å². The van der Waals surface area contributed by atoms with Gasteiger partial charge in [0.15, 0.2) is 11.5 Å². The van der Waals surface area contributed by atoms with Crippen LogP contribution in [0.4, 0.5) is 0 Å². The van der Waals surface area contributed by atoms with Gasteiger partial charge >= 0.3 is 0 Å². The Bertz CT molecular complexity index is 636. The van der Waals surface area contributed by atoms with Crippen molar-refractivity contribution in [3.8, 4) is 11.5 Å². The number of amides is 1. The van der Waals surface area contributed by atoms with Crippen molar-refractivity contribution in [1.82, 2.24) is 10.2 Å². The number of aliphatic hydroxyl groups is 2. The molecule has 0 saturated heterocycles. The summed E-state index contributed by atoms with van der Waals surface area (Å²) in [4.78, 5) is 17.8. The molecule has 4 N–H and O–H groups in total. The average Bonchev–Trinajstić information content (AvgIpc) is 2.90. The summed E-state index contributed by atoms with van der Waals surface area (Å²) in [6, 6.07) is 4.68. The SMILES string of the molecule is COc1cc(/C=C2\N=C(N(CCO)CCO)NC2=O)ccc1O. The second kappa shape index (κ2) is 7.61. The van der Waals surface area contributed by atoms with Gasteiger partial charge in [0.1, 0.15) is 5.70 Å². The van der Waals surface area contributed by atoms with Crippen molar-refractivity contribution in [3.05, 3.63) is 29.5 Å². The van der Waals surface area contributed by atoms with Crippen molar-refractivity contribution in [2.45, 2.75) is 0 Å². The summed E-state index contributed by atoms with van der Waals surface area (Å²) in [7, 11) is 1.44. The standard InChI is InChI=1S/C15H19N3O5/c1-23-13-9-10(2-3-12(13)21)8-11-14(22)17-15(16-11)18(4-6-19)5-7-20/h2-3,8-9,19-21H,4-7H2,1H3,(H,16,17,22)/b11-8-. The van der Waals surface area contributed by atoms with E-state index in [1.165, 1.54) is 13.2 Å². The van der Waals surface area contributed by atoms with E-state index < -0.39 is 0 Å². The van der Waals surface area contributed by atoms with Gasteiger partial charge in [-0.15, -0.1) is 0 Å². The highest BCUT2D eigenvalue weighted by atomic mass is 16.5. The van der Waals surface area contributed by atoms with E-state index in [1.807, 2.05) is 0 Å². The third-order valence-corrected chi connectivity index (χ3v) is 3.23. The predicted molar refractivity (Wildman–Crippen MR) is 84.0 cm³/mol. The zero-order valence-electron chi connectivity index (χ0n) is 12.7. The molecule has 8 nitrogen and oxygen atoms in total. The van der Waals surface area contributed by atoms with Crippen LogP contribution in [0, 0.1) is 0 Å². The lowest BCUT2D eigenvalue weighted by Crippen LogP contribution is -2.43. The lowest BCUT2D eigenvalue weighted by atomic mass is 10.1. The minimum Gasteiger partial charge on any atom is -0.504 e. The molecule has 0 saturated carbocycles. The van der Waals surface area contributed by atoms with E-state index in [9.17, 15) is 9.90 Å². The lowest BCUT2D eigenvalue weighted by molar-refractivity contribution is -0.115. The fraction of sp³-hybridized carbons (Fsp3) is 0.333. The summed E-state index contributed by atoms with van der Waals surface area (Å²) in [6.45, 7) is 0.256. The van der Waals surface area contributed by atoms with Crippen molar-refractivity contribution in [2.75, 3.05) is 33.4 Å². The predicted octanol–water partition coefficient (Wildman–Crippen LogP) is -0.486. The van der Waals surface area contributed by atoms with Gasteiger partial charge in [-0.2, -0.15) is 0 Å². The minimum absolute atomic E-state index is 0.00628. The molecule has 23 heavy (non-hydrogen) atoms. The first-order valence-electron chi connectivity index (χ1n) is 7.04. The number of phenolic OH excluding ortho intramolecular Hbond substituents is 1. The number of hydrogen-bond donors (Lipinski definition) is 4. The van der Waals surface area contributed by atoms with E-state index in [-0.39, 0.29) is 49.6 Å². The van der Waals surface area contributed by atoms with Crippen molar-refractivity contribution in [1.29, 1.82) is 0 Å². The molecule has 1 heterocycles. The smallest absolute Gasteiger partial charge is 0.276 e. The number of carbonyl (C=O) groups excluding carboxylic acids is 1. The molecular weight excluding hydrogens is 302 g/mol. The van der Waals surface area contributed by atoms with Crippen LogP contribution < -0.4 is 10.1 Å². The number of aromatic hydroxyl groups is 1. The number of carbonyl (C=O) groups is 1. The quantitative estimate of drug-likeness (QED) is 0.526. The summed E-state index contributed by atoms with van der Waals surface area (Å²) in [5.74, 6) is 0.207. The van der Waals surface area contributed by atoms with Crippen LogP contribution in [0.15, 0.2) is 28.9 Å². The first-order valence-corrected chi connectivity index (χ1v) is 7.04. The van der Waals surface area contributed by atoms with Crippen LogP contribution in [0.1, 0.15) is 5.56 Å². The highest BCUT2D eigenvalue weighted by Gasteiger charge is 2.24. The zero-order chi connectivity index (χ0) is 16.8. The third-order valence-electron chi connectivity index (χ3n) is 3.23. The number of benzene rings is 1. The molecule has 2 rings (SSSR count). The number of nitrogens with one attached hydrogen (secondary N) is 1. The van der Waals surface area contributed by atoms with Crippen molar-refractivity contribution in [2.24, 2.45) is 4.99 Å². The molecule has 0 bridgehead atoms. The third kappa shape index (κ3) is 3.99. The lowest BCUT2D eigenvalue weighted by Gasteiger charge is -2.21. The number of ether oxygens (including phenoxy) is 1. The molecule has 1 aliphatic heterocycles. The summed E-state index contributed by atoms with van der Waals surface area (Å²) < 4.78 is 5.02. The molecule has 0 atom stereocenters. The molecule has 0 fully saturated rings. The van der Waals surface area contributed by atoms with Gasteiger partial charge in [0.05, 0.1) is 20.3 Å². The Labute approximate surface area is 133 Å². The number of methoxy groups -OCH3 is 1. The molecule has 0 radical (unpaired) electrons. The Morgan fingerprint density at radius 1 is 1.30 bits per heavy atom. The van der Waals surface area contributed by atoms with Crippen LogP contribution >= 0.6 is 0 Å². The first kappa shape index (κ1) is 16.8. The molecule has 0 unspecified atom stereocenters. The van der Waals surface area contributed by atoms with Gasteiger partial charge in [-0.1, -0.05) is 6.07 Å². The highest BCUT2D eigenvalue weighted by Crippen LogP contribution is 2.27. The molecule has 0 aromatic heterocycles. The topological polar surface area (TPSA) is 115 Å². The van der Waals surface area contributed by atoms with Crippen molar-refractivity contribution in [3.63, 3.8) is 0 Å².